The van der Waals surface area contributed by atoms with Crippen molar-refractivity contribution in [3.8, 4) is 0 Å². The van der Waals surface area contributed by atoms with Crippen LogP contribution in [-0.2, 0) is 19.3 Å². The number of rotatable bonds is 6. The average Bonchev–Trinajstić information content (AvgIpc) is 2.78. The second-order valence-electron chi connectivity index (χ2n) is 8.03. The summed E-state index contributed by atoms with van der Waals surface area (Å²) in [6.07, 6.45) is -1.03. The van der Waals surface area contributed by atoms with E-state index >= 15 is 0 Å². The van der Waals surface area contributed by atoms with Crippen LogP contribution in [0.25, 0.3) is 0 Å². The molecular weight excluding hydrogens is 352 g/mol. The minimum Gasteiger partial charge on any atom is -0.438 e. The number of hydrogen-bond donors (Lipinski definition) is 1. The molecule has 1 aromatic rings. The number of carbonyl (C=O) groups is 2. The summed E-state index contributed by atoms with van der Waals surface area (Å²) in [4.78, 5) is 39.4. The zero-order valence-electron chi connectivity index (χ0n) is 16.6. The van der Waals surface area contributed by atoms with Crippen LogP contribution in [0.2, 0.25) is 0 Å². The van der Waals surface area contributed by atoms with Gasteiger partial charge in [-0.05, 0) is 53.7 Å². The Labute approximate surface area is 158 Å². The number of carbonyl (C=O) groups excluding carboxylic acids is 2. The summed E-state index contributed by atoms with van der Waals surface area (Å²) in [5.74, 6) is -0.396. The van der Waals surface area contributed by atoms with Gasteiger partial charge in [-0.1, -0.05) is 12.1 Å². The van der Waals surface area contributed by atoms with Crippen molar-refractivity contribution in [3.05, 3.63) is 35.4 Å². The highest BCUT2D eigenvalue weighted by Gasteiger charge is 2.45. The van der Waals surface area contributed by atoms with Gasteiger partial charge in [-0.2, -0.15) is 4.84 Å². The predicted molar refractivity (Wildman–Crippen MR) is 97.0 cm³/mol. The van der Waals surface area contributed by atoms with Crippen LogP contribution in [0.3, 0.4) is 0 Å². The first-order chi connectivity index (χ1) is 12.4. The maximum absolute atomic E-state index is 12.5. The largest absolute Gasteiger partial charge is 0.473 e. The lowest BCUT2D eigenvalue weighted by molar-refractivity contribution is -0.685. The van der Waals surface area contributed by atoms with Crippen LogP contribution in [0.15, 0.2) is 24.3 Å². The average molecular weight is 379 g/mol. The molecule has 2 N–H and O–H groups in total. The molecule has 1 atom stereocenters. The first-order valence-electron chi connectivity index (χ1n) is 8.71. The molecule has 1 aromatic carbocycles. The number of hydroxylamine groups is 1. The molecule has 1 aliphatic heterocycles. The molecule has 0 radical (unpaired) electrons. The molecule has 1 heterocycles. The second kappa shape index (κ2) is 7.66. The van der Waals surface area contributed by atoms with Crippen molar-refractivity contribution in [1.82, 2.24) is 0 Å². The third-order valence-electron chi connectivity index (χ3n) is 3.55. The van der Waals surface area contributed by atoms with Crippen molar-refractivity contribution in [2.45, 2.75) is 65.3 Å². The van der Waals surface area contributed by atoms with E-state index in [1.807, 2.05) is 41.5 Å². The van der Waals surface area contributed by atoms with Gasteiger partial charge in [0, 0.05) is 6.42 Å². The smallest absolute Gasteiger partial charge is 0.438 e. The normalized spacial score (nSPS) is 15.6. The minimum atomic E-state index is -1.10. The van der Waals surface area contributed by atoms with Crippen LogP contribution in [0.1, 0.15) is 63.9 Å². The minimum absolute atomic E-state index is 0.120. The van der Waals surface area contributed by atoms with Gasteiger partial charge in [-0.15, -0.1) is 0 Å². The zero-order valence-corrected chi connectivity index (χ0v) is 16.6. The van der Waals surface area contributed by atoms with Gasteiger partial charge in [0.25, 0.3) is 0 Å². The Bertz CT molecular complexity index is 764. The molecule has 1 unspecified atom stereocenters. The van der Waals surface area contributed by atoms with Crippen molar-refractivity contribution >= 4 is 17.9 Å². The molecule has 0 aromatic heterocycles. The molecule has 0 aliphatic carbocycles. The summed E-state index contributed by atoms with van der Waals surface area (Å²) in [5, 5.41) is 0. The molecular formula is C19H27N2O6+. The molecule has 0 spiro atoms. The molecule has 148 valence electrons. The van der Waals surface area contributed by atoms with E-state index in [9.17, 15) is 9.59 Å². The SMILES string of the molecule is CC(CC(C)(C)OOC(C)(C)C)OC1=[N+](OC(N)=O)C(=O)c2ccccc21. The quantitative estimate of drug-likeness (QED) is 0.353. The number of benzene rings is 1. The predicted octanol–water partition coefficient (Wildman–Crippen LogP) is 2.93. The maximum atomic E-state index is 12.5. The summed E-state index contributed by atoms with van der Waals surface area (Å²) < 4.78 is 6.72. The number of ether oxygens (including phenoxy) is 1. The van der Waals surface area contributed by atoms with E-state index in [0.29, 0.717) is 17.5 Å². The highest BCUT2D eigenvalue weighted by atomic mass is 17.2. The molecule has 0 bridgehead atoms. The lowest BCUT2D eigenvalue weighted by Gasteiger charge is -2.30. The topological polar surface area (TPSA) is 100 Å². The second-order valence-corrected chi connectivity index (χ2v) is 8.03. The Hall–Kier alpha value is -2.45. The fourth-order valence-electron chi connectivity index (χ4n) is 2.65. The van der Waals surface area contributed by atoms with Gasteiger partial charge in [0.15, 0.2) is 0 Å². The van der Waals surface area contributed by atoms with Gasteiger partial charge in [-0.25, -0.2) is 19.4 Å². The summed E-state index contributed by atoms with van der Waals surface area (Å²) in [7, 11) is 0. The molecule has 8 nitrogen and oxygen atoms in total. The summed E-state index contributed by atoms with van der Waals surface area (Å²) >= 11 is 0. The molecule has 8 heteroatoms. The van der Waals surface area contributed by atoms with Gasteiger partial charge < -0.3 is 10.5 Å². The van der Waals surface area contributed by atoms with Crippen LogP contribution in [0, 0.1) is 0 Å². The van der Waals surface area contributed by atoms with Crippen LogP contribution in [0.4, 0.5) is 4.79 Å². The van der Waals surface area contributed by atoms with E-state index in [-0.39, 0.29) is 12.0 Å². The van der Waals surface area contributed by atoms with Crippen LogP contribution in [0.5, 0.6) is 0 Å². The molecule has 0 saturated carbocycles. The molecule has 1 aliphatic rings. The van der Waals surface area contributed by atoms with Gasteiger partial charge in [0.2, 0.25) is 0 Å². The van der Waals surface area contributed by atoms with Crippen molar-refractivity contribution in [2.75, 3.05) is 0 Å². The van der Waals surface area contributed by atoms with Crippen LogP contribution < -0.4 is 5.73 Å². The van der Waals surface area contributed by atoms with E-state index in [4.69, 9.17) is 25.1 Å². The van der Waals surface area contributed by atoms with E-state index in [1.54, 1.807) is 24.3 Å². The number of fused-ring (bicyclic) bond motifs is 1. The highest BCUT2D eigenvalue weighted by molar-refractivity contribution is 6.10. The zero-order chi connectivity index (χ0) is 20.4. The molecule has 2 rings (SSSR count). The number of hydrogen-bond acceptors (Lipinski definition) is 6. The lowest BCUT2D eigenvalue weighted by Crippen LogP contribution is -2.36. The van der Waals surface area contributed by atoms with Crippen molar-refractivity contribution in [2.24, 2.45) is 5.73 Å². The number of amides is 2. The number of primary amides is 1. The first kappa shape index (κ1) is 20.9. The maximum Gasteiger partial charge on any atom is 0.473 e. The lowest BCUT2D eigenvalue weighted by atomic mass is 10.0. The fourth-order valence-corrected chi connectivity index (χ4v) is 2.65. The summed E-state index contributed by atoms with van der Waals surface area (Å²) in [6, 6.07) is 6.81. The molecule has 27 heavy (non-hydrogen) atoms. The Morgan fingerprint density at radius 1 is 1.11 bits per heavy atom. The Morgan fingerprint density at radius 3 is 2.26 bits per heavy atom. The Kier molecular flexibility index (Phi) is 5.91. The van der Waals surface area contributed by atoms with Crippen molar-refractivity contribution < 1.29 is 33.7 Å². The van der Waals surface area contributed by atoms with Gasteiger partial charge >= 0.3 is 17.9 Å². The Morgan fingerprint density at radius 2 is 1.70 bits per heavy atom. The van der Waals surface area contributed by atoms with Crippen molar-refractivity contribution in [1.29, 1.82) is 0 Å². The van der Waals surface area contributed by atoms with Gasteiger partial charge in [0.1, 0.15) is 27.6 Å². The Balaban J connectivity index is 2.18. The molecule has 0 fully saturated rings. The first-order valence-corrected chi connectivity index (χ1v) is 8.71. The summed E-state index contributed by atoms with van der Waals surface area (Å²) in [6.45, 7) is 11.2. The van der Waals surface area contributed by atoms with Gasteiger partial charge in [-0.3, -0.25) is 0 Å². The summed E-state index contributed by atoms with van der Waals surface area (Å²) in [5.41, 5.74) is 4.89. The van der Waals surface area contributed by atoms with E-state index in [0.717, 1.165) is 4.74 Å². The van der Waals surface area contributed by atoms with E-state index < -0.39 is 23.2 Å². The number of nitrogens with two attached hydrogens (primary N) is 1. The third-order valence-corrected chi connectivity index (χ3v) is 3.55. The van der Waals surface area contributed by atoms with Crippen LogP contribution >= 0.6 is 0 Å². The standard InChI is InChI=1S/C19H26N2O6/c1-12(11-19(5,6)27-26-18(2,3)4)24-16-14-10-8-7-9-13(14)15(22)21(16)25-17(20)23/h7-10,12H,11H2,1-6H3,(H-,20,23)/p+1. The third kappa shape index (κ3) is 5.51. The van der Waals surface area contributed by atoms with Crippen LogP contribution in [-0.4, -0.2) is 39.9 Å². The monoisotopic (exact) mass is 379 g/mol. The fraction of sp³-hybridized carbons (Fsp3) is 0.526. The van der Waals surface area contributed by atoms with Gasteiger partial charge in [0.05, 0.1) is 5.60 Å². The molecule has 2 amide bonds. The van der Waals surface area contributed by atoms with E-state index in [2.05, 4.69) is 0 Å². The number of nitrogens with zero attached hydrogens (tertiary/aromatic N) is 1. The molecule has 0 saturated heterocycles. The van der Waals surface area contributed by atoms with Crippen molar-refractivity contribution in [3.63, 3.8) is 0 Å². The highest BCUT2D eigenvalue weighted by Crippen LogP contribution is 2.25. The van der Waals surface area contributed by atoms with E-state index in [1.165, 1.54) is 0 Å².